The lowest BCUT2D eigenvalue weighted by Crippen LogP contribution is -2.44. The lowest BCUT2D eigenvalue weighted by molar-refractivity contribution is -0.144. The van der Waals surface area contributed by atoms with E-state index in [2.05, 4.69) is 15.4 Å². The van der Waals surface area contributed by atoms with E-state index in [1.807, 2.05) is 0 Å². The van der Waals surface area contributed by atoms with Crippen molar-refractivity contribution >= 4 is 24.3 Å². The first kappa shape index (κ1) is 19.6. The Labute approximate surface area is 128 Å². The zero-order valence-corrected chi connectivity index (χ0v) is 12.5. The third kappa shape index (κ3) is 8.00. The molecule has 0 radical (unpaired) electrons. The molecule has 9 heteroatoms. The third-order valence-electron chi connectivity index (χ3n) is 2.43. The Balaban J connectivity index is 4.55. The maximum Gasteiger partial charge on any atom is 0.332 e. The number of carbonyl (C=O) groups excluding carboxylic acids is 4. The second-order valence-electron chi connectivity index (χ2n) is 4.09. The fourth-order valence-electron chi connectivity index (χ4n) is 1.38. The summed E-state index contributed by atoms with van der Waals surface area (Å²) in [6.07, 6.45) is 3.32. The number of nitrogens with one attached hydrogen (secondary N) is 2. The molecule has 0 aliphatic heterocycles. The van der Waals surface area contributed by atoms with E-state index >= 15 is 0 Å². The fraction of sp³-hybridized carbons (Fsp3) is 0.538. The van der Waals surface area contributed by atoms with E-state index in [1.54, 1.807) is 6.92 Å². The van der Waals surface area contributed by atoms with Gasteiger partial charge >= 0.3 is 11.9 Å². The number of methoxy groups -OCH3 is 1. The molecule has 0 aliphatic carbocycles. The van der Waals surface area contributed by atoms with E-state index in [0.29, 0.717) is 6.41 Å². The van der Waals surface area contributed by atoms with Crippen molar-refractivity contribution in [2.24, 2.45) is 5.73 Å². The number of hydrogen-bond acceptors (Lipinski definition) is 7. The van der Waals surface area contributed by atoms with E-state index < -0.39 is 29.9 Å². The standard InChI is InChI=1S/C13H21N3O6/c1-3-22-12(19)9(14)5-4-6-10(13(20)21-2)16-11(18)7-15-8-17/h4,6,8-10H,3,5,7,14H2,1-2H3,(H,15,17)(H,16,18). The number of hydrogen-bond donors (Lipinski definition) is 3. The molecule has 0 aromatic heterocycles. The van der Waals surface area contributed by atoms with Gasteiger partial charge in [0, 0.05) is 0 Å². The molecule has 0 bridgehead atoms. The van der Waals surface area contributed by atoms with Gasteiger partial charge in [0.25, 0.3) is 0 Å². The van der Waals surface area contributed by atoms with Crippen LogP contribution in [0.1, 0.15) is 13.3 Å². The molecule has 124 valence electrons. The second-order valence-corrected chi connectivity index (χ2v) is 4.09. The van der Waals surface area contributed by atoms with Gasteiger partial charge in [-0.05, 0) is 13.3 Å². The highest BCUT2D eigenvalue weighted by molar-refractivity contribution is 5.87. The minimum atomic E-state index is -1.04. The first-order chi connectivity index (χ1) is 10.5. The average Bonchev–Trinajstić information content (AvgIpc) is 2.51. The van der Waals surface area contributed by atoms with Crippen LogP contribution in [0.2, 0.25) is 0 Å². The smallest absolute Gasteiger partial charge is 0.332 e. The number of rotatable bonds is 10. The van der Waals surface area contributed by atoms with E-state index in [4.69, 9.17) is 10.5 Å². The molecule has 0 spiro atoms. The van der Waals surface area contributed by atoms with Crippen LogP contribution in [0.4, 0.5) is 0 Å². The Morgan fingerprint density at radius 2 is 1.95 bits per heavy atom. The van der Waals surface area contributed by atoms with Crippen molar-refractivity contribution in [3.05, 3.63) is 12.2 Å². The number of carbonyl (C=O) groups is 4. The molecule has 0 aromatic rings. The van der Waals surface area contributed by atoms with Crippen LogP contribution in [0.25, 0.3) is 0 Å². The largest absolute Gasteiger partial charge is 0.467 e. The molecule has 0 aliphatic rings. The molecular weight excluding hydrogens is 294 g/mol. The van der Waals surface area contributed by atoms with Crippen LogP contribution >= 0.6 is 0 Å². The Kier molecular flexibility index (Phi) is 10.0. The number of esters is 2. The lowest BCUT2D eigenvalue weighted by atomic mass is 10.1. The Morgan fingerprint density at radius 3 is 2.50 bits per heavy atom. The highest BCUT2D eigenvalue weighted by Crippen LogP contribution is 1.98. The van der Waals surface area contributed by atoms with Gasteiger partial charge in [0.1, 0.15) is 12.1 Å². The van der Waals surface area contributed by atoms with Crippen LogP contribution in [0.5, 0.6) is 0 Å². The summed E-state index contributed by atoms with van der Waals surface area (Å²) in [6, 6.07) is -1.90. The van der Waals surface area contributed by atoms with Gasteiger partial charge in [-0.1, -0.05) is 12.2 Å². The summed E-state index contributed by atoms with van der Waals surface area (Å²) in [6.45, 7) is 1.62. The molecule has 2 unspecified atom stereocenters. The molecular formula is C13H21N3O6. The molecule has 4 N–H and O–H groups in total. The van der Waals surface area contributed by atoms with Gasteiger partial charge in [0.05, 0.1) is 20.3 Å². The minimum Gasteiger partial charge on any atom is -0.467 e. The SMILES string of the molecule is CCOC(=O)C(N)CC=CC(NC(=O)CNC=O)C(=O)OC. The van der Waals surface area contributed by atoms with E-state index in [0.717, 1.165) is 0 Å². The van der Waals surface area contributed by atoms with Crippen molar-refractivity contribution in [2.45, 2.75) is 25.4 Å². The van der Waals surface area contributed by atoms with Gasteiger partial charge in [-0.3, -0.25) is 14.4 Å². The second kappa shape index (κ2) is 11.3. The summed E-state index contributed by atoms with van der Waals surface area (Å²) in [7, 11) is 1.17. The normalized spacial score (nSPS) is 13.0. The van der Waals surface area contributed by atoms with Gasteiger partial charge in [0.2, 0.25) is 12.3 Å². The van der Waals surface area contributed by atoms with E-state index in [1.165, 1.54) is 19.3 Å². The molecule has 22 heavy (non-hydrogen) atoms. The molecule has 9 nitrogen and oxygen atoms in total. The van der Waals surface area contributed by atoms with Crippen molar-refractivity contribution in [1.82, 2.24) is 10.6 Å². The summed E-state index contributed by atoms with van der Waals surface area (Å²) in [5, 5.41) is 4.52. The Morgan fingerprint density at radius 1 is 1.27 bits per heavy atom. The number of nitrogens with two attached hydrogens (primary N) is 1. The zero-order valence-electron chi connectivity index (χ0n) is 12.5. The highest BCUT2D eigenvalue weighted by atomic mass is 16.5. The number of amides is 2. The van der Waals surface area contributed by atoms with Crippen molar-refractivity contribution in [2.75, 3.05) is 20.3 Å². The summed E-state index contributed by atoms with van der Waals surface area (Å²) < 4.78 is 9.28. The summed E-state index contributed by atoms with van der Waals surface area (Å²) in [5.41, 5.74) is 5.59. The lowest BCUT2D eigenvalue weighted by Gasteiger charge is -2.13. The number of ether oxygens (including phenoxy) is 2. The topological polar surface area (TPSA) is 137 Å². The molecule has 0 fully saturated rings. The van der Waals surface area contributed by atoms with Crippen molar-refractivity contribution < 1.29 is 28.7 Å². The van der Waals surface area contributed by atoms with Gasteiger partial charge < -0.3 is 25.8 Å². The van der Waals surface area contributed by atoms with Crippen molar-refractivity contribution in [1.29, 1.82) is 0 Å². The van der Waals surface area contributed by atoms with Crippen LogP contribution in [0.3, 0.4) is 0 Å². The fourth-order valence-corrected chi connectivity index (χ4v) is 1.38. The zero-order chi connectivity index (χ0) is 17.0. The van der Waals surface area contributed by atoms with Gasteiger partial charge in [-0.25, -0.2) is 4.79 Å². The first-order valence-corrected chi connectivity index (χ1v) is 6.59. The molecule has 0 heterocycles. The summed E-state index contributed by atoms with van der Waals surface area (Å²) in [4.78, 5) is 44.4. The van der Waals surface area contributed by atoms with E-state index in [9.17, 15) is 19.2 Å². The van der Waals surface area contributed by atoms with Crippen LogP contribution in [0, 0.1) is 0 Å². The molecule has 2 atom stereocenters. The maximum atomic E-state index is 11.5. The van der Waals surface area contributed by atoms with Crippen LogP contribution in [0.15, 0.2) is 12.2 Å². The third-order valence-corrected chi connectivity index (χ3v) is 2.43. The van der Waals surface area contributed by atoms with Gasteiger partial charge in [-0.15, -0.1) is 0 Å². The average molecular weight is 315 g/mol. The molecule has 0 rings (SSSR count). The Bertz CT molecular complexity index is 424. The van der Waals surface area contributed by atoms with Crippen LogP contribution in [-0.2, 0) is 28.7 Å². The van der Waals surface area contributed by atoms with Gasteiger partial charge in [0.15, 0.2) is 0 Å². The summed E-state index contributed by atoms with van der Waals surface area (Å²) in [5.74, 6) is -1.82. The van der Waals surface area contributed by atoms with Crippen LogP contribution < -0.4 is 16.4 Å². The predicted octanol–water partition coefficient (Wildman–Crippen LogP) is -1.77. The van der Waals surface area contributed by atoms with Crippen molar-refractivity contribution in [3.8, 4) is 0 Å². The summed E-state index contributed by atoms with van der Waals surface area (Å²) >= 11 is 0. The predicted molar refractivity (Wildman–Crippen MR) is 76.4 cm³/mol. The van der Waals surface area contributed by atoms with Crippen LogP contribution in [-0.4, -0.2) is 56.6 Å². The molecule has 0 aromatic carbocycles. The van der Waals surface area contributed by atoms with E-state index in [-0.39, 0.29) is 19.6 Å². The quantitative estimate of drug-likeness (QED) is 0.246. The monoisotopic (exact) mass is 315 g/mol. The minimum absolute atomic E-state index is 0.134. The maximum absolute atomic E-state index is 11.5. The molecule has 0 saturated carbocycles. The Hall–Kier alpha value is -2.42. The molecule has 2 amide bonds. The van der Waals surface area contributed by atoms with Gasteiger partial charge in [-0.2, -0.15) is 0 Å². The highest BCUT2D eigenvalue weighted by Gasteiger charge is 2.19. The van der Waals surface area contributed by atoms with Crippen molar-refractivity contribution in [3.63, 3.8) is 0 Å². The first-order valence-electron chi connectivity index (χ1n) is 6.59. The molecule has 0 saturated heterocycles.